The number of carbonyl (C=O) groups excluding carboxylic acids is 2. The van der Waals surface area contributed by atoms with Crippen LogP contribution in [0.5, 0.6) is 0 Å². The quantitative estimate of drug-likeness (QED) is 0.666. The minimum absolute atomic E-state index is 0.0398. The normalized spacial score (nSPS) is 30.9. The number of carboxylic acids is 1. The SMILES string of the molecule is O=C(O)CNC(=O)C1=C(O)N([C@@H]2C[C@H]3CC[C@@H]2C3)C(=O)N(C2CCCCC2)C1. The first-order chi connectivity index (χ1) is 13.5. The highest BCUT2D eigenvalue weighted by Crippen LogP contribution is 2.48. The Morgan fingerprint density at radius 2 is 1.82 bits per heavy atom. The summed E-state index contributed by atoms with van der Waals surface area (Å²) in [5.74, 6) is -1.08. The number of hydrogen-bond acceptors (Lipinski definition) is 4. The second-order valence-corrected chi connectivity index (χ2v) is 8.69. The number of urea groups is 1. The average molecular weight is 391 g/mol. The number of fused-ring (bicyclic) bond motifs is 2. The van der Waals surface area contributed by atoms with E-state index in [4.69, 9.17) is 5.11 Å². The molecule has 8 heteroatoms. The van der Waals surface area contributed by atoms with Crippen LogP contribution < -0.4 is 5.32 Å². The van der Waals surface area contributed by atoms with E-state index < -0.39 is 18.4 Å². The Balaban J connectivity index is 1.63. The predicted octanol–water partition coefficient (Wildman–Crippen LogP) is 2.22. The van der Waals surface area contributed by atoms with Gasteiger partial charge in [0.15, 0.2) is 0 Å². The van der Waals surface area contributed by atoms with Crippen LogP contribution in [0, 0.1) is 11.8 Å². The molecule has 0 radical (unpaired) electrons. The average Bonchev–Trinajstić information content (AvgIpc) is 3.30. The first-order valence-corrected chi connectivity index (χ1v) is 10.5. The summed E-state index contributed by atoms with van der Waals surface area (Å²) >= 11 is 0. The molecule has 2 bridgehead atoms. The van der Waals surface area contributed by atoms with Crippen LogP contribution in [0.15, 0.2) is 11.5 Å². The lowest BCUT2D eigenvalue weighted by molar-refractivity contribution is -0.137. The third kappa shape index (κ3) is 3.44. The van der Waals surface area contributed by atoms with Crippen LogP contribution in [0.25, 0.3) is 0 Å². The first kappa shape index (κ1) is 19.1. The summed E-state index contributed by atoms with van der Waals surface area (Å²) in [5.41, 5.74) is 0.106. The fourth-order valence-electron chi connectivity index (χ4n) is 5.62. The van der Waals surface area contributed by atoms with Crippen molar-refractivity contribution in [3.8, 4) is 0 Å². The summed E-state index contributed by atoms with van der Waals surface area (Å²) in [4.78, 5) is 40.0. The van der Waals surface area contributed by atoms with E-state index in [1.54, 1.807) is 4.90 Å². The monoisotopic (exact) mass is 391 g/mol. The molecule has 1 aliphatic heterocycles. The summed E-state index contributed by atoms with van der Waals surface area (Å²) < 4.78 is 0. The Hall–Kier alpha value is -2.25. The van der Waals surface area contributed by atoms with Crippen LogP contribution in [-0.4, -0.2) is 63.1 Å². The predicted molar refractivity (Wildman–Crippen MR) is 100 cm³/mol. The van der Waals surface area contributed by atoms with E-state index in [0.717, 1.165) is 51.4 Å². The molecule has 3 atom stereocenters. The maximum Gasteiger partial charge on any atom is 0.327 e. The Morgan fingerprint density at radius 1 is 1.07 bits per heavy atom. The van der Waals surface area contributed by atoms with Crippen LogP contribution in [0.1, 0.15) is 57.8 Å². The van der Waals surface area contributed by atoms with Crippen molar-refractivity contribution >= 4 is 17.9 Å². The number of carboxylic acid groups (broad SMARTS) is 1. The standard InChI is InChI=1S/C20H29N3O5/c24-17(25)10-21-18(26)15-11-22(14-4-2-1-3-5-14)20(28)23(19(15)27)16-9-12-6-7-13(16)8-12/h12-14,16,27H,1-11H2,(H,21,26)(H,24,25)/t12-,13+,16+/m0/s1. The zero-order valence-electron chi connectivity index (χ0n) is 16.1. The van der Waals surface area contributed by atoms with Crippen molar-refractivity contribution in [1.82, 2.24) is 15.1 Å². The van der Waals surface area contributed by atoms with Crippen LogP contribution in [-0.2, 0) is 9.59 Å². The number of hydrogen-bond donors (Lipinski definition) is 3. The van der Waals surface area contributed by atoms with Gasteiger partial charge in [-0.15, -0.1) is 0 Å². The van der Waals surface area contributed by atoms with Crippen LogP contribution in [0.2, 0.25) is 0 Å². The van der Waals surface area contributed by atoms with Crippen molar-refractivity contribution in [2.75, 3.05) is 13.1 Å². The van der Waals surface area contributed by atoms with Crippen LogP contribution in [0.3, 0.4) is 0 Å². The molecule has 0 aromatic carbocycles. The molecule has 4 aliphatic rings. The summed E-state index contributed by atoms with van der Waals surface area (Å²) in [6.45, 7) is -0.473. The summed E-state index contributed by atoms with van der Waals surface area (Å²) in [5, 5.41) is 22.1. The van der Waals surface area contributed by atoms with Gasteiger partial charge in [-0.1, -0.05) is 25.7 Å². The topological polar surface area (TPSA) is 110 Å². The first-order valence-electron chi connectivity index (χ1n) is 10.5. The molecule has 1 heterocycles. The lowest BCUT2D eigenvalue weighted by Gasteiger charge is -2.44. The molecule has 0 saturated heterocycles. The molecule has 0 aromatic rings. The molecular weight excluding hydrogens is 362 g/mol. The van der Waals surface area contributed by atoms with Gasteiger partial charge in [0, 0.05) is 12.1 Å². The highest BCUT2D eigenvalue weighted by Gasteiger charge is 2.49. The molecule has 3 fully saturated rings. The van der Waals surface area contributed by atoms with Gasteiger partial charge >= 0.3 is 12.0 Å². The molecule has 0 unspecified atom stereocenters. The number of carbonyl (C=O) groups is 3. The molecule has 3 aliphatic carbocycles. The fraction of sp³-hybridized carbons (Fsp3) is 0.750. The van der Waals surface area contributed by atoms with Gasteiger partial charge < -0.3 is 20.4 Å². The van der Waals surface area contributed by atoms with E-state index >= 15 is 0 Å². The largest absolute Gasteiger partial charge is 0.494 e. The van der Waals surface area contributed by atoms with Crippen molar-refractivity contribution in [3.05, 3.63) is 11.5 Å². The van der Waals surface area contributed by atoms with Gasteiger partial charge in [0.1, 0.15) is 6.54 Å². The summed E-state index contributed by atoms with van der Waals surface area (Å²) in [6.07, 6.45) is 9.23. The Labute approximate surface area is 164 Å². The van der Waals surface area contributed by atoms with E-state index in [0.29, 0.717) is 11.8 Å². The number of nitrogens with zero attached hydrogens (tertiary/aromatic N) is 2. The zero-order valence-corrected chi connectivity index (χ0v) is 16.1. The second kappa shape index (κ2) is 7.64. The number of aliphatic carboxylic acids is 1. The lowest BCUT2D eigenvalue weighted by Crippen LogP contribution is -2.58. The number of aliphatic hydroxyl groups excluding tert-OH is 1. The van der Waals surface area contributed by atoms with Crippen molar-refractivity contribution in [2.45, 2.75) is 69.9 Å². The van der Waals surface area contributed by atoms with Gasteiger partial charge in [-0.25, -0.2) is 4.79 Å². The fourth-order valence-corrected chi connectivity index (χ4v) is 5.62. The van der Waals surface area contributed by atoms with E-state index in [2.05, 4.69) is 5.32 Å². The highest BCUT2D eigenvalue weighted by molar-refractivity contribution is 5.98. The van der Waals surface area contributed by atoms with Gasteiger partial charge in [-0.3, -0.25) is 14.5 Å². The molecule has 3 saturated carbocycles. The molecular formula is C20H29N3O5. The minimum Gasteiger partial charge on any atom is -0.494 e. The third-order valence-corrected chi connectivity index (χ3v) is 7.00. The van der Waals surface area contributed by atoms with Gasteiger partial charge in [0.05, 0.1) is 12.1 Å². The molecule has 4 rings (SSSR count). The molecule has 28 heavy (non-hydrogen) atoms. The lowest BCUT2D eigenvalue weighted by atomic mass is 9.91. The molecule has 8 nitrogen and oxygen atoms in total. The highest BCUT2D eigenvalue weighted by atomic mass is 16.4. The van der Waals surface area contributed by atoms with Crippen LogP contribution >= 0.6 is 0 Å². The van der Waals surface area contributed by atoms with Crippen LogP contribution in [0.4, 0.5) is 4.79 Å². The minimum atomic E-state index is -1.14. The van der Waals surface area contributed by atoms with Crippen molar-refractivity contribution in [2.24, 2.45) is 11.8 Å². The number of rotatable bonds is 5. The zero-order chi connectivity index (χ0) is 19.8. The molecule has 0 aromatic heterocycles. The van der Waals surface area contributed by atoms with Crippen molar-refractivity contribution in [3.63, 3.8) is 0 Å². The van der Waals surface area contributed by atoms with Crippen molar-refractivity contribution in [1.29, 1.82) is 0 Å². The van der Waals surface area contributed by atoms with Gasteiger partial charge in [0.2, 0.25) is 5.88 Å². The third-order valence-electron chi connectivity index (χ3n) is 7.00. The van der Waals surface area contributed by atoms with E-state index in [-0.39, 0.29) is 36.1 Å². The maximum absolute atomic E-state index is 13.4. The van der Waals surface area contributed by atoms with E-state index in [1.807, 2.05) is 0 Å². The Bertz CT molecular complexity index is 700. The number of amides is 3. The molecule has 0 spiro atoms. The Kier molecular flexibility index (Phi) is 5.21. The number of nitrogens with one attached hydrogen (secondary N) is 1. The second-order valence-electron chi connectivity index (χ2n) is 8.69. The Morgan fingerprint density at radius 3 is 2.43 bits per heavy atom. The summed E-state index contributed by atoms with van der Waals surface area (Å²) in [7, 11) is 0. The van der Waals surface area contributed by atoms with Gasteiger partial charge in [0.25, 0.3) is 5.91 Å². The maximum atomic E-state index is 13.4. The molecule has 3 N–H and O–H groups in total. The molecule has 3 amide bonds. The molecule has 154 valence electrons. The number of aliphatic hydroxyl groups is 1. The smallest absolute Gasteiger partial charge is 0.327 e. The van der Waals surface area contributed by atoms with Gasteiger partial charge in [-0.05, 0) is 43.9 Å². The van der Waals surface area contributed by atoms with Gasteiger partial charge in [-0.2, -0.15) is 0 Å². The van der Waals surface area contributed by atoms with E-state index in [1.165, 1.54) is 11.3 Å². The summed E-state index contributed by atoms with van der Waals surface area (Å²) in [6, 6.07) is -0.200. The van der Waals surface area contributed by atoms with Crippen molar-refractivity contribution < 1.29 is 24.6 Å². The van der Waals surface area contributed by atoms with E-state index in [9.17, 15) is 19.5 Å².